The third-order valence-electron chi connectivity index (χ3n) is 9.73. The number of aliphatic carboxylic acids is 1. The van der Waals surface area contributed by atoms with E-state index >= 15 is 0 Å². The Morgan fingerprint density at radius 3 is 2.50 bits per heavy atom. The fraction of sp³-hybridized carbons (Fsp3) is 0.625. The smallest absolute Gasteiger partial charge is 0.310 e. The Kier molecular flexibility index (Phi) is 9.15. The average molecular weight is 558 g/mol. The summed E-state index contributed by atoms with van der Waals surface area (Å²) in [5.41, 5.74) is 0.281. The molecule has 3 fully saturated rings. The van der Waals surface area contributed by atoms with Crippen molar-refractivity contribution in [1.29, 1.82) is 0 Å². The van der Waals surface area contributed by atoms with Crippen LogP contribution in [-0.2, 0) is 10.7 Å². The predicted octanol–water partition coefficient (Wildman–Crippen LogP) is 6.56. The zero-order valence-corrected chi connectivity index (χ0v) is 23.3. The molecule has 218 valence electrons. The number of benzene rings is 1. The van der Waals surface area contributed by atoms with Gasteiger partial charge in [0.25, 0.3) is 5.92 Å². The number of nitrogens with zero attached hydrogens (tertiary/aromatic N) is 3. The molecular formula is C32H42F3N3O2. The molecule has 0 bridgehead atoms. The summed E-state index contributed by atoms with van der Waals surface area (Å²) in [6.07, 6.45) is 9.36. The normalized spacial score (nSPS) is 24.8. The van der Waals surface area contributed by atoms with Crippen LogP contribution in [0.25, 0.3) is 0 Å². The van der Waals surface area contributed by atoms with Crippen molar-refractivity contribution in [2.45, 2.75) is 69.6 Å². The molecule has 1 saturated carbocycles. The molecule has 0 spiro atoms. The van der Waals surface area contributed by atoms with Gasteiger partial charge in [-0.25, -0.2) is 13.2 Å². The van der Waals surface area contributed by atoms with Crippen molar-refractivity contribution in [2.75, 3.05) is 39.3 Å². The molecule has 2 atom stereocenters. The van der Waals surface area contributed by atoms with E-state index in [1.807, 2.05) is 6.07 Å². The molecule has 2 saturated heterocycles. The van der Waals surface area contributed by atoms with Crippen LogP contribution in [-0.4, -0.2) is 65.1 Å². The van der Waals surface area contributed by atoms with Crippen molar-refractivity contribution < 1.29 is 23.1 Å². The summed E-state index contributed by atoms with van der Waals surface area (Å²) < 4.78 is 43.5. The minimum absolute atomic E-state index is 0.0143. The Morgan fingerprint density at radius 1 is 1.05 bits per heavy atom. The molecule has 0 unspecified atom stereocenters. The van der Waals surface area contributed by atoms with Crippen molar-refractivity contribution >= 4 is 5.97 Å². The molecule has 1 aromatic carbocycles. The summed E-state index contributed by atoms with van der Waals surface area (Å²) in [4.78, 5) is 20.9. The molecule has 2 aliphatic heterocycles. The first-order chi connectivity index (χ1) is 19.2. The van der Waals surface area contributed by atoms with E-state index < -0.39 is 17.3 Å². The third-order valence-corrected chi connectivity index (χ3v) is 9.73. The number of carbonyl (C=O) groups is 1. The van der Waals surface area contributed by atoms with Gasteiger partial charge in [0.2, 0.25) is 0 Å². The lowest BCUT2D eigenvalue weighted by atomic mass is 9.73. The van der Waals surface area contributed by atoms with Crippen molar-refractivity contribution in [2.24, 2.45) is 17.3 Å². The van der Waals surface area contributed by atoms with Gasteiger partial charge >= 0.3 is 5.97 Å². The number of carboxylic acid groups (broad SMARTS) is 1. The van der Waals surface area contributed by atoms with Gasteiger partial charge in [0.05, 0.1) is 5.41 Å². The van der Waals surface area contributed by atoms with Crippen molar-refractivity contribution in [3.05, 3.63) is 65.7 Å². The maximum absolute atomic E-state index is 14.7. The van der Waals surface area contributed by atoms with E-state index in [2.05, 4.69) is 14.8 Å². The van der Waals surface area contributed by atoms with Crippen LogP contribution in [0.3, 0.4) is 0 Å². The van der Waals surface area contributed by atoms with Gasteiger partial charge in [-0.1, -0.05) is 31.4 Å². The SMILES string of the molecule is O=C(O)C1(CN2C[C@@H](CN3CCC(CCC(F)(F)c4cccnc4)CC3)[C@@H](c3cccc(F)c3)C2)CCCCC1. The summed E-state index contributed by atoms with van der Waals surface area (Å²) in [5, 5.41) is 10.1. The predicted molar refractivity (Wildman–Crippen MR) is 149 cm³/mol. The van der Waals surface area contributed by atoms with E-state index in [1.54, 1.807) is 18.2 Å². The van der Waals surface area contributed by atoms with Crippen LogP contribution in [0.4, 0.5) is 13.2 Å². The van der Waals surface area contributed by atoms with E-state index in [0.717, 1.165) is 83.2 Å². The molecule has 1 aromatic heterocycles. The molecule has 40 heavy (non-hydrogen) atoms. The molecule has 0 radical (unpaired) electrons. The van der Waals surface area contributed by atoms with E-state index in [0.29, 0.717) is 13.0 Å². The number of aromatic nitrogens is 1. The first kappa shape index (κ1) is 29.1. The molecular weight excluding hydrogens is 515 g/mol. The van der Waals surface area contributed by atoms with Crippen molar-refractivity contribution in [3.63, 3.8) is 0 Å². The fourth-order valence-electron chi connectivity index (χ4n) is 7.38. The number of hydrogen-bond donors (Lipinski definition) is 1. The minimum Gasteiger partial charge on any atom is -0.481 e. The van der Waals surface area contributed by atoms with Gasteiger partial charge in [0, 0.05) is 56.5 Å². The molecule has 5 nitrogen and oxygen atoms in total. The van der Waals surface area contributed by atoms with Gasteiger partial charge in [0.15, 0.2) is 0 Å². The number of likely N-dealkylation sites (tertiary alicyclic amines) is 2. The topological polar surface area (TPSA) is 56.7 Å². The van der Waals surface area contributed by atoms with Gasteiger partial charge in [-0.05, 0) is 86.9 Å². The number of pyridine rings is 1. The highest BCUT2D eigenvalue weighted by molar-refractivity contribution is 5.75. The number of rotatable bonds is 10. The molecule has 8 heteroatoms. The van der Waals surface area contributed by atoms with Gasteiger partial charge in [-0.3, -0.25) is 9.78 Å². The summed E-state index contributed by atoms with van der Waals surface area (Å²) in [6.45, 7) is 4.69. The zero-order valence-electron chi connectivity index (χ0n) is 23.3. The number of halogens is 3. The van der Waals surface area contributed by atoms with Crippen molar-refractivity contribution in [1.82, 2.24) is 14.8 Å². The van der Waals surface area contributed by atoms with E-state index in [4.69, 9.17) is 0 Å². The average Bonchev–Trinajstić information content (AvgIpc) is 3.35. The Bertz CT molecular complexity index is 1120. The lowest BCUT2D eigenvalue weighted by molar-refractivity contribution is -0.152. The van der Waals surface area contributed by atoms with Crippen LogP contribution in [0.15, 0.2) is 48.8 Å². The highest BCUT2D eigenvalue weighted by Crippen LogP contribution is 2.42. The molecule has 3 aliphatic rings. The first-order valence-electron chi connectivity index (χ1n) is 15.0. The summed E-state index contributed by atoms with van der Waals surface area (Å²) in [6, 6.07) is 9.85. The molecule has 1 N–H and O–H groups in total. The quantitative estimate of drug-likeness (QED) is 0.359. The number of piperidine rings is 1. The van der Waals surface area contributed by atoms with Crippen LogP contribution in [0.2, 0.25) is 0 Å². The lowest BCUT2D eigenvalue weighted by Gasteiger charge is -2.37. The van der Waals surface area contributed by atoms with Gasteiger partial charge in [-0.2, -0.15) is 0 Å². The van der Waals surface area contributed by atoms with E-state index in [9.17, 15) is 23.1 Å². The Morgan fingerprint density at radius 2 is 1.82 bits per heavy atom. The fourth-order valence-corrected chi connectivity index (χ4v) is 7.38. The van der Waals surface area contributed by atoms with E-state index in [1.165, 1.54) is 24.5 Å². The van der Waals surface area contributed by atoms with Crippen LogP contribution >= 0.6 is 0 Å². The Hall–Kier alpha value is -2.45. The summed E-state index contributed by atoms with van der Waals surface area (Å²) in [5.74, 6) is -3.10. The molecule has 1 aliphatic carbocycles. The van der Waals surface area contributed by atoms with Crippen LogP contribution in [0, 0.1) is 23.1 Å². The number of carboxylic acids is 1. The highest BCUT2D eigenvalue weighted by atomic mass is 19.3. The van der Waals surface area contributed by atoms with Crippen LogP contribution in [0.5, 0.6) is 0 Å². The van der Waals surface area contributed by atoms with Gasteiger partial charge in [-0.15, -0.1) is 0 Å². The molecule has 3 heterocycles. The van der Waals surface area contributed by atoms with E-state index in [-0.39, 0.29) is 35.6 Å². The number of alkyl halides is 2. The largest absolute Gasteiger partial charge is 0.481 e. The number of hydrogen-bond acceptors (Lipinski definition) is 4. The third kappa shape index (κ3) is 6.88. The first-order valence-corrected chi connectivity index (χ1v) is 15.0. The summed E-state index contributed by atoms with van der Waals surface area (Å²) >= 11 is 0. The standard InChI is InChI=1S/C32H42F3N3O2/c33-28-8-4-6-25(18-28)29-22-38(23-31(30(39)40)12-2-1-3-13-31)21-26(29)20-37-16-10-24(11-17-37)9-14-32(34,35)27-7-5-15-36-19-27/h4-8,15,18-19,24,26,29H,1-3,9-14,16-17,20-23H2,(H,39,40)/t26-,29-/m1/s1. The molecule has 2 aromatic rings. The second-order valence-electron chi connectivity index (χ2n) is 12.5. The van der Waals surface area contributed by atoms with Crippen LogP contribution in [0.1, 0.15) is 74.8 Å². The minimum atomic E-state index is -2.86. The maximum Gasteiger partial charge on any atom is 0.310 e. The molecule has 5 rings (SSSR count). The lowest BCUT2D eigenvalue weighted by Crippen LogP contribution is -2.44. The molecule has 0 amide bonds. The van der Waals surface area contributed by atoms with Gasteiger partial charge < -0.3 is 14.9 Å². The maximum atomic E-state index is 14.7. The second-order valence-corrected chi connectivity index (χ2v) is 12.5. The monoisotopic (exact) mass is 557 g/mol. The highest BCUT2D eigenvalue weighted by Gasteiger charge is 2.44. The zero-order chi connectivity index (χ0) is 28.2. The van der Waals surface area contributed by atoms with Crippen molar-refractivity contribution in [3.8, 4) is 0 Å². The Labute approximate surface area is 235 Å². The van der Waals surface area contributed by atoms with Crippen LogP contribution < -0.4 is 0 Å². The van der Waals surface area contributed by atoms with Gasteiger partial charge in [0.1, 0.15) is 5.82 Å². The second kappa shape index (κ2) is 12.6. The summed E-state index contributed by atoms with van der Waals surface area (Å²) in [7, 11) is 0. The Balaban J connectivity index is 1.19.